The van der Waals surface area contributed by atoms with E-state index in [0.717, 1.165) is 15.3 Å². The highest BCUT2D eigenvalue weighted by Gasteiger charge is 2.09. The molecule has 0 saturated carbocycles. The zero-order valence-corrected chi connectivity index (χ0v) is 11.1. The lowest BCUT2D eigenvalue weighted by Gasteiger charge is -1.89. The predicted molar refractivity (Wildman–Crippen MR) is 79.4 cm³/mol. The molecule has 98 valence electrons. The van der Waals surface area contributed by atoms with Crippen LogP contribution in [0.5, 0.6) is 0 Å². The van der Waals surface area contributed by atoms with E-state index in [0.29, 0.717) is 5.52 Å². The van der Waals surface area contributed by atoms with Gasteiger partial charge in [0.15, 0.2) is 0 Å². The predicted octanol–water partition coefficient (Wildman–Crippen LogP) is 3.77. The molecular formula is C14H9N3O2S. The fourth-order valence-electron chi connectivity index (χ4n) is 1.76. The summed E-state index contributed by atoms with van der Waals surface area (Å²) in [5, 5.41) is 11.5. The van der Waals surface area contributed by atoms with Crippen molar-refractivity contribution in [2.45, 2.75) is 0 Å². The summed E-state index contributed by atoms with van der Waals surface area (Å²) in [7, 11) is 0. The largest absolute Gasteiger partial charge is 0.271 e. The minimum absolute atomic E-state index is 0.0607. The van der Waals surface area contributed by atoms with Gasteiger partial charge < -0.3 is 0 Å². The molecule has 0 radical (unpaired) electrons. The molecular weight excluding hydrogens is 274 g/mol. The van der Waals surface area contributed by atoms with Crippen molar-refractivity contribution < 1.29 is 4.92 Å². The number of thiazole rings is 1. The molecule has 5 nitrogen and oxygen atoms in total. The topological polar surface area (TPSA) is 68.9 Å². The van der Waals surface area contributed by atoms with Gasteiger partial charge in [-0.1, -0.05) is 12.1 Å². The van der Waals surface area contributed by atoms with Gasteiger partial charge in [0, 0.05) is 24.5 Å². The Morgan fingerprint density at radius 3 is 2.90 bits per heavy atom. The first-order valence-corrected chi connectivity index (χ1v) is 6.67. The van der Waals surface area contributed by atoms with E-state index in [-0.39, 0.29) is 5.69 Å². The number of nitro benzene ring substituents is 1. The summed E-state index contributed by atoms with van der Waals surface area (Å²) in [6.45, 7) is 0. The summed E-state index contributed by atoms with van der Waals surface area (Å²) < 4.78 is 0.932. The Bertz CT molecular complexity index is 797. The molecule has 2 heterocycles. The van der Waals surface area contributed by atoms with Crippen LogP contribution in [0.4, 0.5) is 5.69 Å². The number of hydrogen-bond donors (Lipinski definition) is 0. The molecule has 3 aromatic rings. The molecule has 0 fully saturated rings. The van der Waals surface area contributed by atoms with Crippen molar-refractivity contribution in [1.82, 2.24) is 9.97 Å². The molecule has 0 atom stereocenters. The number of hydrogen-bond acceptors (Lipinski definition) is 5. The van der Waals surface area contributed by atoms with E-state index in [1.54, 1.807) is 18.5 Å². The second kappa shape index (κ2) is 5.18. The highest BCUT2D eigenvalue weighted by Crippen LogP contribution is 2.26. The van der Waals surface area contributed by atoms with Crippen molar-refractivity contribution in [3.63, 3.8) is 0 Å². The molecule has 0 unspecified atom stereocenters. The quantitative estimate of drug-likeness (QED) is 0.542. The normalized spacial score (nSPS) is 11.2. The molecule has 0 aliphatic carbocycles. The highest BCUT2D eigenvalue weighted by molar-refractivity contribution is 7.19. The maximum absolute atomic E-state index is 10.7. The van der Waals surface area contributed by atoms with E-state index in [1.807, 2.05) is 24.3 Å². The average Bonchev–Trinajstić information content (AvgIpc) is 2.88. The molecule has 3 rings (SSSR count). The fraction of sp³-hybridized carbons (Fsp3) is 0. The number of non-ortho nitro benzene ring substituents is 1. The van der Waals surface area contributed by atoms with Crippen LogP contribution in [0.3, 0.4) is 0 Å². The van der Waals surface area contributed by atoms with Crippen LogP contribution in [0, 0.1) is 10.1 Å². The van der Waals surface area contributed by atoms with Crippen LogP contribution in [0.1, 0.15) is 10.6 Å². The summed E-state index contributed by atoms with van der Waals surface area (Å²) in [4.78, 5) is 18.7. The molecule has 0 spiro atoms. The van der Waals surface area contributed by atoms with Gasteiger partial charge in [0.2, 0.25) is 0 Å². The molecule has 20 heavy (non-hydrogen) atoms. The number of nitrogens with zero attached hydrogens (tertiary/aromatic N) is 3. The van der Waals surface area contributed by atoms with Crippen molar-refractivity contribution in [3.05, 3.63) is 63.4 Å². The van der Waals surface area contributed by atoms with Gasteiger partial charge in [-0.05, 0) is 23.8 Å². The lowest BCUT2D eigenvalue weighted by Crippen LogP contribution is -1.86. The lowest BCUT2D eigenvalue weighted by atomic mass is 10.2. The van der Waals surface area contributed by atoms with Gasteiger partial charge >= 0.3 is 0 Å². The number of rotatable bonds is 3. The summed E-state index contributed by atoms with van der Waals surface area (Å²) in [5.41, 5.74) is 1.69. The molecule has 0 saturated heterocycles. The van der Waals surface area contributed by atoms with Gasteiger partial charge in [-0.25, -0.2) is 4.98 Å². The van der Waals surface area contributed by atoms with Crippen molar-refractivity contribution in [2.24, 2.45) is 0 Å². The molecule has 0 bridgehead atoms. The van der Waals surface area contributed by atoms with Crippen LogP contribution in [0.15, 0.2) is 42.7 Å². The van der Waals surface area contributed by atoms with E-state index in [4.69, 9.17) is 0 Å². The first kappa shape index (κ1) is 12.4. The Morgan fingerprint density at radius 2 is 2.15 bits per heavy atom. The number of fused-ring (bicyclic) bond motifs is 1. The smallest absolute Gasteiger partial charge is 0.264 e. The number of benzene rings is 1. The van der Waals surface area contributed by atoms with Crippen LogP contribution in [-0.2, 0) is 0 Å². The zero-order chi connectivity index (χ0) is 13.9. The second-order valence-electron chi connectivity index (χ2n) is 4.08. The second-order valence-corrected chi connectivity index (χ2v) is 5.14. The maximum Gasteiger partial charge on any atom is 0.271 e. The number of nitro groups is 1. The summed E-state index contributed by atoms with van der Waals surface area (Å²) in [5.74, 6) is 0. The molecule has 0 aliphatic heterocycles. The highest BCUT2D eigenvalue weighted by atomic mass is 32.1. The van der Waals surface area contributed by atoms with Crippen molar-refractivity contribution in [3.8, 4) is 0 Å². The standard InChI is InChI=1S/C14H9N3O2S/c18-17(19)11-4-5-13-12(8-11)16-14(20-13)6-3-10-2-1-7-15-9-10/h1-9H/b6-3+. The maximum atomic E-state index is 10.7. The van der Waals surface area contributed by atoms with Crippen molar-refractivity contribution >= 4 is 39.4 Å². The third-order valence-electron chi connectivity index (χ3n) is 2.70. The summed E-state index contributed by atoms with van der Waals surface area (Å²) >= 11 is 1.50. The van der Waals surface area contributed by atoms with Crippen molar-refractivity contribution in [1.29, 1.82) is 0 Å². The molecule has 2 aromatic heterocycles. The van der Waals surface area contributed by atoms with E-state index in [1.165, 1.54) is 23.5 Å². The van der Waals surface area contributed by atoms with Gasteiger partial charge in [-0.15, -0.1) is 11.3 Å². The third-order valence-corrected chi connectivity index (χ3v) is 3.70. The Balaban J connectivity index is 1.93. The Kier molecular flexibility index (Phi) is 3.22. The Labute approximate surface area is 118 Å². The van der Waals surface area contributed by atoms with Crippen LogP contribution < -0.4 is 0 Å². The SMILES string of the molecule is O=[N+]([O-])c1ccc2sc(/C=C/c3cccnc3)nc2c1. The van der Waals surface area contributed by atoms with Gasteiger partial charge in [-0.2, -0.15) is 0 Å². The minimum atomic E-state index is -0.413. The van der Waals surface area contributed by atoms with E-state index in [9.17, 15) is 10.1 Å². The third kappa shape index (κ3) is 2.55. The van der Waals surface area contributed by atoms with Crippen LogP contribution in [0.25, 0.3) is 22.4 Å². The van der Waals surface area contributed by atoms with E-state index < -0.39 is 4.92 Å². The van der Waals surface area contributed by atoms with Gasteiger partial charge in [0.25, 0.3) is 5.69 Å². The Morgan fingerprint density at radius 1 is 1.25 bits per heavy atom. The van der Waals surface area contributed by atoms with Crippen LogP contribution in [-0.4, -0.2) is 14.9 Å². The summed E-state index contributed by atoms with van der Waals surface area (Å²) in [6.07, 6.45) is 7.27. The van der Waals surface area contributed by atoms with Crippen LogP contribution in [0.2, 0.25) is 0 Å². The first-order valence-electron chi connectivity index (χ1n) is 5.85. The molecule has 0 amide bonds. The summed E-state index contributed by atoms with van der Waals surface area (Å²) in [6, 6.07) is 8.53. The molecule has 6 heteroatoms. The first-order chi connectivity index (χ1) is 9.72. The lowest BCUT2D eigenvalue weighted by molar-refractivity contribution is -0.384. The van der Waals surface area contributed by atoms with E-state index >= 15 is 0 Å². The number of aromatic nitrogens is 2. The minimum Gasteiger partial charge on any atom is -0.264 e. The molecule has 0 aliphatic rings. The van der Waals surface area contributed by atoms with Crippen molar-refractivity contribution in [2.75, 3.05) is 0 Å². The molecule has 1 aromatic carbocycles. The average molecular weight is 283 g/mol. The van der Waals surface area contributed by atoms with Gasteiger partial charge in [0.1, 0.15) is 5.01 Å². The van der Waals surface area contributed by atoms with Gasteiger partial charge in [-0.3, -0.25) is 15.1 Å². The Hall–Kier alpha value is -2.60. The number of pyridine rings is 1. The monoisotopic (exact) mass is 283 g/mol. The molecule has 0 N–H and O–H groups in total. The fourth-order valence-corrected chi connectivity index (χ4v) is 2.61. The van der Waals surface area contributed by atoms with E-state index in [2.05, 4.69) is 9.97 Å². The zero-order valence-electron chi connectivity index (χ0n) is 10.3. The van der Waals surface area contributed by atoms with Crippen LogP contribution >= 0.6 is 11.3 Å². The van der Waals surface area contributed by atoms with Gasteiger partial charge in [0.05, 0.1) is 15.1 Å².